The van der Waals surface area contributed by atoms with Crippen molar-refractivity contribution in [3.8, 4) is 0 Å². The lowest BCUT2D eigenvalue weighted by molar-refractivity contribution is -0.149. The Labute approximate surface area is 123 Å². The number of carbonyl (C=O) groups is 1. The molecule has 0 spiro atoms. The van der Waals surface area contributed by atoms with Crippen LogP contribution in [0.5, 0.6) is 0 Å². The molecule has 19 heavy (non-hydrogen) atoms. The molecule has 0 saturated carbocycles. The van der Waals surface area contributed by atoms with Crippen molar-refractivity contribution in [3.63, 3.8) is 0 Å². The number of thiazole rings is 1. The van der Waals surface area contributed by atoms with Gasteiger partial charge < -0.3 is 10.5 Å². The van der Waals surface area contributed by atoms with Crippen molar-refractivity contribution < 1.29 is 9.53 Å². The highest BCUT2D eigenvalue weighted by Crippen LogP contribution is 2.24. The summed E-state index contributed by atoms with van der Waals surface area (Å²) in [7, 11) is 0. The minimum atomic E-state index is -0.863. The molecule has 2 N–H and O–H groups in total. The average Bonchev–Trinajstić information content (AvgIpc) is 2.75. The first-order valence-electron chi connectivity index (χ1n) is 6.46. The molecule has 0 fully saturated rings. The van der Waals surface area contributed by atoms with Crippen LogP contribution in [0.4, 0.5) is 0 Å². The summed E-state index contributed by atoms with van der Waals surface area (Å²) in [6, 6.07) is 0. The Kier molecular flexibility index (Phi) is 6.82. The number of ether oxygens (including phenoxy) is 1. The van der Waals surface area contributed by atoms with Crippen molar-refractivity contribution in [1.29, 1.82) is 0 Å². The Morgan fingerprint density at radius 2 is 2.32 bits per heavy atom. The summed E-state index contributed by atoms with van der Waals surface area (Å²) in [4.78, 5) is 16.0. The van der Waals surface area contributed by atoms with Crippen LogP contribution in [0.1, 0.15) is 38.8 Å². The average molecular weight is 302 g/mol. The molecule has 0 bridgehead atoms. The van der Waals surface area contributed by atoms with Gasteiger partial charge in [-0.15, -0.1) is 11.3 Å². The monoisotopic (exact) mass is 302 g/mol. The van der Waals surface area contributed by atoms with E-state index in [1.165, 1.54) is 0 Å². The molecule has 1 heterocycles. The van der Waals surface area contributed by atoms with Gasteiger partial charge in [-0.2, -0.15) is 0 Å². The second-order valence-electron chi connectivity index (χ2n) is 4.70. The topological polar surface area (TPSA) is 65.2 Å². The summed E-state index contributed by atoms with van der Waals surface area (Å²) < 4.78 is 6.07. The van der Waals surface area contributed by atoms with Crippen LogP contribution in [0.2, 0.25) is 0 Å². The van der Waals surface area contributed by atoms with Gasteiger partial charge in [0.05, 0.1) is 6.61 Å². The molecule has 0 aliphatic rings. The van der Waals surface area contributed by atoms with E-state index < -0.39 is 5.54 Å². The maximum atomic E-state index is 11.6. The number of hydrogen-bond acceptors (Lipinski definition) is 6. The Hall–Kier alpha value is -0.590. The zero-order valence-corrected chi connectivity index (χ0v) is 13.4. The van der Waals surface area contributed by atoms with Crippen molar-refractivity contribution in [1.82, 2.24) is 4.98 Å². The summed E-state index contributed by atoms with van der Waals surface area (Å²) in [5, 5.41) is 2.06. The smallest absolute Gasteiger partial charge is 0.325 e. The molecule has 1 rings (SSSR count). The molecule has 1 unspecified atom stereocenters. The predicted octanol–water partition coefficient (Wildman–Crippen LogP) is 2.99. The van der Waals surface area contributed by atoms with Crippen molar-refractivity contribution in [2.24, 2.45) is 5.73 Å². The van der Waals surface area contributed by atoms with Crippen LogP contribution in [0, 0.1) is 6.92 Å². The first-order chi connectivity index (χ1) is 8.95. The number of nitrogens with zero attached hydrogens (tertiary/aromatic N) is 1. The maximum absolute atomic E-state index is 11.6. The van der Waals surface area contributed by atoms with Crippen LogP contribution in [-0.2, 0) is 9.53 Å². The van der Waals surface area contributed by atoms with Gasteiger partial charge in [0.25, 0.3) is 0 Å². The van der Waals surface area contributed by atoms with E-state index in [0.717, 1.165) is 28.6 Å². The number of esters is 1. The number of thioether (sulfide) groups is 1. The zero-order chi connectivity index (χ0) is 14.3. The molecule has 0 radical (unpaired) electrons. The van der Waals surface area contributed by atoms with Gasteiger partial charge in [0.2, 0.25) is 0 Å². The van der Waals surface area contributed by atoms with Gasteiger partial charge in [0.1, 0.15) is 9.88 Å². The number of aromatic nitrogens is 1. The standard InChI is InChI=1S/C13H22N2O2S2/c1-4-17-11(16)13(3,14)7-5-6-8-18-12-15-10(2)9-19-12/h9H,4-8,14H2,1-3H3. The van der Waals surface area contributed by atoms with Crippen molar-refractivity contribution in [3.05, 3.63) is 11.1 Å². The Bertz CT molecular complexity index is 405. The second-order valence-corrected chi connectivity index (χ2v) is 6.90. The van der Waals surface area contributed by atoms with E-state index in [1.807, 2.05) is 6.92 Å². The highest BCUT2D eigenvalue weighted by molar-refractivity contribution is 8.00. The fraction of sp³-hybridized carbons (Fsp3) is 0.692. The molecule has 0 aliphatic carbocycles. The fourth-order valence-corrected chi connectivity index (χ4v) is 3.47. The number of unbranched alkanes of at least 4 members (excludes halogenated alkanes) is 1. The van der Waals surface area contributed by atoms with E-state index in [1.54, 1.807) is 36.9 Å². The van der Waals surface area contributed by atoms with Gasteiger partial charge in [-0.25, -0.2) is 4.98 Å². The predicted molar refractivity (Wildman–Crippen MR) is 80.7 cm³/mol. The van der Waals surface area contributed by atoms with Gasteiger partial charge in [0.15, 0.2) is 0 Å². The van der Waals surface area contributed by atoms with Crippen LogP contribution in [0.25, 0.3) is 0 Å². The Morgan fingerprint density at radius 3 is 2.89 bits per heavy atom. The first-order valence-corrected chi connectivity index (χ1v) is 8.33. The minimum Gasteiger partial charge on any atom is -0.465 e. The van der Waals surface area contributed by atoms with Crippen molar-refractivity contribution in [2.75, 3.05) is 12.4 Å². The van der Waals surface area contributed by atoms with E-state index in [-0.39, 0.29) is 5.97 Å². The number of rotatable bonds is 8. The number of carbonyl (C=O) groups excluding carboxylic acids is 1. The van der Waals surface area contributed by atoms with E-state index in [2.05, 4.69) is 10.4 Å². The highest BCUT2D eigenvalue weighted by atomic mass is 32.2. The molecule has 4 nitrogen and oxygen atoms in total. The molecule has 0 saturated heterocycles. The van der Waals surface area contributed by atoms with Gasteiger partial charge in [-0.05, 0) is 33.6 Å². The fourth-order valence-electron chi connectivity index (χ4n) is 1.55. The maximum Gasteiger partial charge on any atom is 0.325 e. The summed E-state index contributed by atoms with van der Waals surface area (Å²) in [5.41, 5.74) is 6.16. The van der Waals surface area contributed by atoms with Crippen molar-refractivity contribution >= 4 is 29.1 Å². The molecule has 6 heteroatoms. The van der Waals surface area contributed by atoms with E-state index in [4.69, 9.17) is 10.5 Å². The summed E-state index contributed by atoms with van der Waals surface area (Å²) in [6.07, 6.45) is 2.60. The molecule has 0 amide bonds. The summed E-state index contributed by atoms with van der Waals surface area (Å²) in [6.45, 7) is 5.91. The molecular weight excluding hydrogens is 280 g/mol. The molecule has 1 aromatic rings. The lowest BCUT2D eigenvalue weighted by atomic mass is 9.96. The summed E-state index contributed by atoms with van der Waals surface area (Å²) in [5.74, 6) is 0.699. The van der Waals surface area contributed by atoms with Crippen LogP contribution in [0.3, 0.4) is 0 Å². The normalized spacial score (nSPS) is 14.1. The van der Waals surface area contributed by atoms with Crippen LogP contribution >= 0.6 is 23.1 Å². The second kappa shape index (κ2) is 7.87. The van der Waals surface area contributed by atoms with Gasteiger partial charge in [-0.1, -0.05) is 18.2 Å². The van der Waals surface area contributed by atoms with Gasteiger partial charge in [-0.3, -0.25) is 4.79 Å². The quantitative estimate of drug-likeness (QED) is 0.454. The largest absolute Gasteiger partial charge is 0.465 e. The Balaban J connectivity index is 2.18. The number of aryl methyl sites for hydroxylation is 1. The first kappa shape index (κ1) is 16.5. The third-order valence-corrected chi connectivity index (χ3v) is 4.88. The third kappa shape index (κ3) is 5.93. The van der Waals surface area contributed by atoms with Gasteiger partial charge >= 0.3 is 5.97 Å². The minimum absolute atomic E-state index is 0.307. The molecule has 108 valence electrons. The summed E-state index contributed by atoms with van der Waals surface area (Å²) >= 11 is 3.44. The SMILES string of the molecule is CCOC(=O)C(C)(N)CCCCSc1nc(C)cs1. The van der Waals surface area contributed by atoms with Gasteiger partial charge in [0, 0.05) is 16.8 Å². The van der Waals surface area contributed by atoms with E-state index >= 15 is 0 Å². The van der Waals surface area contributed by atoms with Crippen LogP contribution in [-0.4, -0.2) is 28.9 Å². The van der Waals surface area contributed by atoms with E-state index in [9.17, 15) is 4.79 Å². The Morgan fingerprint density at radius 1 is 1.58 bits per heavy atom. The molecule has 0 aromatic carbocycles. The van der Waals surface area contributed by atoms with Crippen molar-refractivity contribution in [2.45, 2.75) is 49.9 Å². The highest BCUT2D eigenvalue weighted by Gasteiger charge is 2.28. The van der Waals surface area contributed by atoms with E-state index in [0.29, 0.717) is 13.0 Å². The number of nitrogens with two attached hydrogens (primary N) is 1. The molecule has 0 aliphatic heterocycles. The lowest BCUT2D eigenvalue weighted by Gasteiger charge is -2.21. The lowest BCUT2D eigenvalue weighted by Crippen LogP contribution is -2.46. The van der Waals surface area contributed by atoms with Crippen LogP contribution in [0.15, 0.2) is 9.72 Å². The molecular formula is C13H22N2O2S2. The van der Waals surface area contributed by atoms with Crippen LogP contribution < -0.4 is 5.73 Å². The molecule has 1 atom stereocenters. The zero-order valence-electron chi connectivity index (χ0n) is 11.8. The molecule has 1 aromatic heterocycles. The third-order valence-electron chi connectivity index (χ3n) is 2.66. The number of hydrogen-bond donors (Lipinski definition) is 1.